The molecule has 0 fully saturated rings. The summed E-state index contributed by atoms with van der Waals surface area (Å²) in [6.07, 6.45) is 3.36. The minimum absolute atomic E-state index is 0. The fraction of sp³-hybridized carbons (Fsp3) is 0.800. The van der Waals surface area contributed by atoms with Gasteiger partial charge in [-0.15, -0.1) is 0 Å². The summed E-state index contributed by atoms with van der Waals surface area (Å²) in [6, 6.07) is 0. The van der Waals surface area contributed by atoms with Crippen molar-refractivity contribution in [3.63, 3.8) is 0 Å². The van der Waals surface area contributed by atoms with Crippen molar-refractivity contribution in [3.8, 4) is 0 Å². The van der Waals surface area contributed by atoms with Crippen molar-refractivity contribution in [1.82, 2.24) is 0 Å². The van der Waals surface area contributed by atoms with Crippen LogP contribution in [0.4, 0.5) is 0 Å². The molecule has 2 nitrogen and oxygen atoms in total. The zero-order valence-corrected chi connectivity index (χ0v) is 12.4. The molecule has 1 aliphatic rings. The van der Waals surface area contributed by atoms with Gasteiger partial charge in [-0.1, -0.05) is 35.7 Å². The zero-order chi connectivity index (χ0) is 10.1. The zero-order valence-electron chi connectivity index (χ0n) is 9.55. The summed E-state index contributed by atoms with van der Waals surface area (Å²) >= 11 is 0. The van der Waals surface area contributed by atoms with Crippen LogP contribution in [0.5, 0.6) is 0 Å². The van der Waals surface area contributed by atoms with Gasteiger partial charge in [-0.3, -0.25) is 0 Å². The van der Waals surface area contributed by atoms with Crippen LogP contribution < -0.4 is 0 Å². The molecule has 0 N–H and O–H groups in total. The third-order valence-electron chi connectivity index (χ3n) is 2.95. The van der Waals surface area contributed by atoms with E-state index in [0.717, 1.165) is 18.4 Å². The monoisotopic (exact) mass is 230 g/mol. The molecule has 0 aromatic carbocycles. The maximum absolute atomic E-state index is 10.7. The van der Waals surface area contributed by atoms with Gasteiger partial charge in [-0.25, -0.2) is 0 Å². The third-order valence-corrected chi connectivity index (χ3v) is 3.47. The Balaban J connectivity index is 0.00000169. The summed E-state index contributed by atoms with van der Waals surface area (Å²) in [4.78, 5) is 0. The minimum atomic E-state index is -1.94. The predicted octanol–water partition coefficient (Wildman–Crippen LogP) is 1.91. The van der Waals surface area contributed by atoms with E-state index in [1.165, 1.54) is 12.0 Å². The van der Waals surface area contributed by atoms with Crippen LogP contribution in [0.3, 0.4) is 0 Å². The van der Waals surface area contributed by atoms with E-state index in [0.29, 0.717) is 0 Å². The van der Waals surface area contributed by atoms with Crippen LogP contribution in [-0.2, 0) is 19.1 Å². The maximum atomic E-state index is 10.7. The Morgan fingerprint density at radius 1 is 1.36 bits per heavy atom. The van der Waals surface area contributed by atoms with Crippen molar-refractivity contribution >= 4 is 28.1 Å². The predicted molar refractivity (Wildman–Crippen MR) is 62.5 cm³/mol. The fourth-order valence-corrected chi connectivity index (χ4v) is 2.98. The second kappa shape index (κ2) is 5.35. The van der Waals surface area contributed by atoms with Crippen molar-refractivity contribution in [1.29, 1.82) is 0 Å². The van der Waals surface area contributed by atoms with Crippen molar-refractivity contribution in [3.05, 3.63) is 11.1 Å². The Hall–Kier alpha value is 0.222. The normalized spacial score (nSPS) is 20.9. The van der Waals surface area contributed by atoms with E-state index in [9.17, 15) is 8.42 Å². The molecule has 0 aromatic heterocycles. The van der Waals surface area contributed by atoms with E-state index >= 15 is 0 Å². The molecule has 0 unspecified atom stereocenters. The Bertz CT molecular complexity index is 295. The summed E-state index contributed by atoms with van der Waals surface area (Å²) in [6.45, 7) is 6.33. The Kier molecular flexibility index (Phi) is 5.43. The first-order valence-corrected chi connectivity index (χ1v) is 5.93. The number of hydrogen-bond donors (Lipinski definition) is 0. The molecule has 80 valence electrons. The third kappa shape index (κ3) is 3.42. The molecule has 0 aliphatic heterocycles. The number of hydrogen-bond acceptors (Lipinski definition) is 3. The average molecular weight is 230 g/mol. The van der Waals surface area contributed by atoms with Gasteiger partial charge in [-0.05, 0) is 37.4 Å². The Labute approximate surface area is 98.9 Å². The summed E-state index contributed by atoms with van der Waals surface area (Å²) < 4.78 is 21.3. The summed E-state index contributed by atoms with van der Waals surface area (Å²) in [5, 5.41) is 0. The van der Waals surface area contributed by atoms with Crippen LogP contribution in [0.25, 0.3) is 0 Å². The van der Waals surface area contributed by atoms with Gasteiger partial charge in [0.25, 0.3) is 0 Å². The molecule has 0 radical (unpaired) electrons. The van der Waals surface area contributed by atoms with Crippen molar-refractivity contribution in [2.45, 2.75) is 40.0 Å². The van der Waals surface area contributed by atoms with E-state index in [2.05, 4.69) is 20.8 Å². The van der Waals surface area contributed by atoms with Crippen LogP contribution in [0.1, 0.15) is 40.0 Å². The first-order chi connectivity index (χ1) is 5.93. The molecule has 4 heteroatoms. The summed E-state index contributed by atoms with van der Waals surface area (Å²) in [5.41, 5.74) is 2.50. The van der Waals surface area contributed by atoms with Gasteiger partial charge in [0.2, 0.25) is 0 Å². The topological polar surface area (TPSA) is 34.1 Å². The molecular formula is C10H19AlO2S. The van der Waals surface area contributed by atoms with Crippen molar-refractivity contribution < 1.29 is 8.42 Å². The van der Waals surface area contributed by atoms with E-state index in [4.69, 9.17) is 0 Å². The SMILES string of the molecule is CC1=C(C[S-](=O)=O)C(C)(C)CCC1.[AlH2+]. The summed E-state index contributed by atoms with van der Waals surface area (Å²) in [7, 11) is -1.94. The number of allylic oxidation sites excluding steroid dienone is 1. The van der Waals surface area contributed by atoms with Crippen LogP contribution in [0.15, 0.2) is 11.1 Å². The average Bonchev–Trinajstić information content (AvgIpc) is 1.96. The molecule has 1 aliphatic carbocycles. The van der Waals surface area contributed by atoms with Gasteiger partial charge in [-0.2, -0.15) is 0 Å². The van der Waals surface area contributed by atoms with Gasteiger partial charge < -0.3 is 8.42 Å². The van der Waals surface area contributed by atoms with Gasteiger partial charge >= 0.3 is 17.4 Å². The first-order valence-electron chi connectivity index (χ1n) is 4.68. The van der Waals surface area contributed by atoms with Gasteiger partial charge in [0.1, 0.15) is 0 Å². The Morgan fingerprint density at radius 3 is 2.36 bits per heavy atom. The quantitative estimate of drug-likeness (QED) is 0.412. The molecular weight excluding hydrogens is 211 g/mol. The van der Waals surface area contributed by atoms with Crippen molar-refractivity contribution in [2.24, 2.45) is 5.41 Å². The molecule has 0 bridgehead atoms. The first kappa shape index (κ1) is 14.2. The molecule has 0 saturated carbocycles. The fourth-order valence-electron chi connectivity index (χ4n) is 2.11. The van der Waals surface area contributed by atoms with Gasteiger partial charge in [0.15, 0.2) is 0 Å². The van der Waals surface area contributed by atoms with Crippen LogP contribution in [0.2, 0.25) is 0 Å². The van der Waals surface area contributed by atoms with E-state index < -0.39 is 10.7 Å². The van der Waals surface area contributed by atoms with Crippen LogP contribution >= 0.6 is 0 Å². The number of rotatable bonds is 2. The van der Waals surface area contributed by atoms with E-state index in [-0.39, 0.29) is 28.5 Å². The van der Waals surface area contributed by atoms with Gasteiger partial charge in [0, 0.05) is 0 Å². The second-order valence-corrected chi connectivity index (χ2v) is 5.34. The molecule has 0 aromatic rings. The molecule has 0 saturated heterocycles. The molecule has 14 heavy (non-hydrogen) atoms. The van der Waals surface area contributed by atoms with Crippen molar-refractivity contribution in [2.75, 3.05) is 5.75 Å². The van der Waals surface area contributed by atoms with E-state index in [1.54, 1.807) is 0 Å². The Morgan fingerprint density at radius 2 is 1.93 bits per heavy atom. The van der Waals surface area contributed by atoms with E-state index in [1.807, 2.05) is 0 Å². The molecule has 0 spiro atoms. The van der Waals surface area contributed by atoms with Crippen LogP contribution in [0, 0.1) is 5.41 Å². The molecule has 0 amide bonds. The van der Waals surface area contributed by atoms with Crippen LogP contribution in [-0.4, -0.2) is 23.1 Å². The second-order valence-electron chi connectivity index (χ2n) is 4.44. The summed E-state index contributed by atoms with van der Waals surface area (Å²) in [5.74, 6) is 0.221. The molecule has 1 rings (SSSR count). The molecule has 0 heterocycles. The molecule has 0 atom stereocenters. The van der Waals surface area contributed by atoms with Gasteiger partial charge in [0.05, 0.1) is 0 Å². The standard InChI is InChI=1S/C10H17O2S.Al.2H/c1-8-5-4-6-10(2,3)9(8)7-13(11)12;;;/h4-7H2,1-3H3;;;/q-1;+1;;.